The van der Waals surface area contributed by atoms with Crippen LogP contribution < -0.4 is 0 Å². The first-order chi connectivity index (χ1) is 16.8. The second-order valence-electron chi connectivity index (χ2n) is 8.40. The molecule has 1 N–H and O–H groups in total. The minimum Gasteiger partial charge on any atom is -0.381 e. The molecule has 2 aromatic heterocycles. The molecule has 0 radical (unpaired) electrons. The monoisotopic (exact) mass is 491 g/mol. The summed E-state index contributed by atoms with van der Waals surface area (Å²) >= 11 is 1.33. The average molecular weight is 492 g/mol. The number of aromatic nitrogens is 3. The fraction of sp³-hybridized carbons (Fsp3) is 0.200. The molecule has 2 aromatic carbocycles. The van der Waals surface area contributed by atoms with Crippen LogP contribution in [0.1, 0.15) is 33.3 Å². The van der Waals surface area contributed by atoms with Crippen molar-refractivity contribution in [3.8, 4) is 16.5 Å². The maximum absolute atomic E-state index is 14.8. The fourth-order valence-corrected chi connectivity index (χ4v) is 5.51. The molecule has 0 bridgehead atoms. The Hall–Kier alpha value is -3.94. The van der Waals surface area contributed by atoms with E-state index in [-0.39, 0.29) is 24.6 Å². The van der Waals surface area contributed by atoms with E-state index in [0.29, 0.717) is 16.5 Å². The zero-order chi connectivity index (χ0) is 24.7. The zero-order valence-electron chi connectivity index (χ0n) is 18.5. The summed E-state index contributed by atoms with van der Waals surface area (Å²) in [4.78, 5) is 20.2. The molecule has 176 valence electrons. The number of amides is 1. The molecular weight excluding hydrogens is 472 g/mol. The normalized spacial score (nSPS) is 15.5. The van der Waals surface area contributed by atoms with Crippen LogP contribution >= 0.6 is 11.3 Å². The Morgan fingerprint density at radius 3 is 2.63 bits per heavy atom. The fourth-order valence-electron chi connectivity index (χ4n) is 4.38. The first kappa shape index (κ1) is 22.8. The molecule has 10 heteroatoms. The summed E-state index contributed by atoms with van der Waals surface area (Å²) in [5, 5.41) is 24.8. The minimum absolute atomic E-state index is 0.136. The number of aliphatic hydroxyl groups is 1. The molecule has 1 aliphatic rings. The van der Waals surface area contributed by atoms with Gasteiger partial charge in [0.15, 0.2) is 0 Å². The number of nitriles is 1. The molecule has 2 atom stereocenters. The summed E-state index contributed by atoms with van der Waals surface area (Å²) in [5.41, 5.74) is 0.197. The Bertz CT molecular complexity index is 1450. The van der Waals surface area contributed by atoms with E-state index in [9.17, 15) is 18.7 Å². The van der Waals surface area contributed by atoms with Crippen molar-refractivity contribution in [3.63, 3.8) is 0 Å². The van der Waals surface area contributed by atoms with E-state index in [1.807, 2.05) is 18.2 Å². The Morgan fingerprint density at radius 1 is 1.23 bits per heavy atom. The third kappa shape index (κ3) is 3.99. The zero-order valence-corrected chi connectivity index (χ0v) is 19.3. The Kier molecular flexibility index (Phi) is 5.67. The van der Waals surface area contributed by atoms with Crippen LogP contribution in [0.4, 0.5) is 8.78 Å². The predicted molar refractivity (Wildman–Crippen MR) is 124 cm³/mol. The highest BCUT2D eigenvalue weighted by Gasteiger charge is 2.46. The second-order valence-corrected chi connectivity index (χ2v) is 9.46. The highest BCUT2D eigenvalue weighted by atomic mass is 32.1. The Morgan fingerprint density at radius 2 is 2.00 bits per heavy atom. The van der Waals surface area contributed by atoms with Gasteiger partial charge in [0.1, 0.15) is 29.9 Å². The molecule has 0 spiro atoms. The maximum atomic E-state index is 14.8. The molecule has 4 aromatic rings. The smallest absolute Gasteiger partial charge is 0.264 e. The van der Waals surface area contributed by atoms with Gasteiger partial charge in [-0.2, -0.15) is 10.4 Å². The standard InChI is InChI=1S/C25H19F2N5O2S/c1-15(25(34,12-31-14-29-13-30-31)20-7-6-19(26)9-21(20)27)32-11-18-8-22(35-23(18)24(32)33)17-4-2-16(10-28)3-5-17/h2-9,13-15,34H,11-12H2,1H3/t15-,25-/m1/s1. The van der Waals surface area contributed by atoms with Gasteiger partial charge in [-0.15, -0.1) is 11.3 Å². The molecular formula is C25H19F2N5O2S. The summed E-state index contributed by atoms with van der Waals surface area (Å²) in [6.07, 6.45) is 2.67. The van der Waals surface area contributed by atoms with Gasteiger partial charge >= 0.3 is 0 Å². The third-order valence-electron chi connectivity index (χ3n) is 6.33. The van der Waals surface area contributed by atoms with E-state index in [1.54, 1.807) is 19.1 Å². The summed E-state index contributed by atoms with van der Waals surface area (Å²) in [7, 11) is 0. The summed E-state index contributed by atoms with van der Waals surface area (Å²) in [5.74, 6) is -1.96. The van der Waals surface area contributed by atoms with Crippen molar-refractivity contribution >= 4 is 17.2 Å². The number of halogens is 2. The highest BCUT2D eigenvalue weighted by molar-refractivity contribution is 7.17. The molecule has 1 amide bonds. The van der Waals surface area contributed by atoms with E-state index in [4.69, 9.17) is 5.26 Å². The predicted octanol–water partition coefficient (Wildman–Crippen LogP) is 4.09. The SMILES string of the molecule is C[C@@H](N1Cc2cc(-c3ccc(C#N)cc3)sc2C1=O)[C@](O)(Cn1cncn1)c1ccc(F)cc1F. The van der Waals surface area contributed by atoms with Crippen molar-refractivity contribution in [2.75, 3.05) is 0 Å². The van der Waals surface area contributed by atoms with E-state index in [0.717, 1.165) is 22.1 Å². The molecule has 0 fully saturated rings. The van der Waals surface area contributed by atoms with Crippen LogP contribution in [-0.4, -0.2) is 36.7 Å². The lowest BCUT2D eigenvalue weighted by Gasteiger charge is -2.39. The number of hydrogen-bond acceptors (Lipinski definition) is 6. The maximum Gasteiger partial charge on any atom is 0.264 e. The van der Waals surface area contributed by atoms with Crippen molar-refractivity contribution in [3.05, 3.63) is 94.4 Å². The van der Waals surface area contributed by atoms with Gasteiger partial charge in [-0.05, 0) is 42.3 Å². The van der Waals surface area contributed by atoms with Crippen molar-refractivity contribution in [2.24, 2.45) is 0 Å². The van der Waals surface area contributed by atoms with Gasteiger partial charge in [-0.1, -0.05) is 18.2 Å². The van der Waals surface area contributed by atoms with Gasteiger partial charge in [0.25, 0.3) is 5.91 Å². The van der Waals surface area contributed by atoms with Gasteiger partial charge < -0.3 is 10.0 Å². The van der Waals surface area contributed by atoms with Gasteiger partial charge in [-0.3, -0.25) is 4.79 Å². The number of rotatable bonds is 6. The lowest BCUT2D eigenvalue weighted by atomic mass is 9.85. The largest absolute Gasteiger partial charge is 0.381 e. The number of nitrogens with zero attached hydrogens (tertiary/aromatic N) is 5. The van der Waals surface area contributed by atoms with E-state index >= 15 is 0 Å². The van der Waals surface area contributed by atoms with Crippen LogP contribution in [0.25, 0.3) is 10.4 Å². The minimum atomic E-state index is -1.91. The molecule has 0 saturated carbocycles. The lowest BCUT2D eigenvalue weighted by molar-refractivity contribution is -0.0556. The van der Waals surface area contributed by atoms with Crippen molar-refractivity contribution in [2.45, 2.75) is 31.7 Å². The number of hydrogen-bond donors (Lipinski definition) is 1. The van der Waals surface area contributed by atoms with Crippen molar-refractivity contribution in [1.29, 1.82) is 5.26 Å². The molecule has 7 nitrogen and oxygen atoms in total. The molecule has 0 unspecified atom stereocenters. The van der Waals surface area contributed by atoms with Crippen LogP contribution in [0, 0.1) is 23.0 Å². The number of carbonyl (C=O) groups excluding carboxylic acids is 1. The second kappa shape index (κ2) is 8.69. The number of thiophene rings is 1. The first-order valence-corrected chi connectivity index (χ1v) is 11.6. The Balaban J connectivity index is 1.47. The van der Waals surface area contributed by atoms with E-state index in [2.05, 4.69) is 16.2 Å². The van der Waals surface area contributed by atoms with Crippen LogP contribution in [0.15, 0.2) is 61.2 Å². The molecule has 3 heterocycles. The van der Waals surface area contributed by atoms with Gasteiger partial charge in [-0.25, -0.2) is 18.4 Å². The van der Waals surface area contributed by atoms with Crippen LogP contribution in [0.3, 0.4) is 0 Å². The van der Waals surface area contributed by atoms with E-state index < -0.39 is 23.3 Å². The first-order valence-electron chi connectivity index (χ1n) is 10.7. The number of fused-ring (bicyclic) bond motifs is 1. The van der Waals surface area contributed by atoms with Crippen molar-refractivity contribution < 1.29 is 18.7 Å². The molecule has 5 rings (SSSR count). The van der Waals surface area contributed by atoms with E-state index in [1.165, 1.54) is 39.6 Å². The molecule has 1 aliphatic heterocycles. The van der Waals surface area contributed by atoms with Crippen LogP contribution in [-0.2, 0) is 18.7 Å². The number of carbonyl (C=O) groups is 1. The Labute approximate surface area is 203 Å². The topological polar surface area (TPSA) is 95.0 Å². The summed E-state index contributed by atoms with van der Waals surface area (Å²) in [6.45, 7) is 1.67. The number of benzene rings is 2. The highest BCUT2D eigenvalue weighted by Crippen LogP contribution is 2.41. The van der Waals surface area contributed by atoms with Crippen LogP contribution in [0.5, 0.6) is 0 Å². The van der Waals surface area contributed by atoms with Gasteiger partial charge in [0.05, 0.1) is 29.1 Å². The molecule has 0 aliphatic carbocycles. The quantitative estimate of drug-likeness (QED) is 0.438. The van der Waals surface area contributed by atoms with Crippen molar-refractivity contribution in [1.82, 2.24) is 19.7 Å². The molecule has 0 saturated heterocycles. The average Bonchev–Trinajstić information content (AvgIpc) is 3.57. The molecule has 35 heavy (non-hydrogen) atoms. The summed E-state index contributed by atoms with van der Waals surface area (Å²) in [6, 6.07) is 13.2. The van der Waals surface area contributed by atoms with Crippen LogP contribution in [0.2, 0.25) is 0 Å². The summed E-state index contributed by atoms with van der Waals surface area (Å²) < 4.78 is 29.8. The lowest BCUT2D eigenvalue weighted by Crippen LogP contribution is -2.52. The third-order valence-corrected chi connectivity index (χ3v) is 7.54. The van der Waals surface area contributed by atoms with Gasteiger partial charge in [0, 0.05) is 23.1 Å². The van der Waals surface area contributed by atoms with Gasteiger partial charge in [0.2, 0.25) is 0 Å².